The van der Waals surface area contributed by atoms with Crippen molar-refractivity contribution in [2.75, 3.05) is 44.9 Å². The third-order valence-electron chi connectivity index (χ3n) is 8.43. The number of piperidine rings is 1. The number of methoxy groups -OCH3 is 1. The second-order valence-corrected chi connectivity index (χ2v) is 10.7. The lowest BCUT2D eigenvalue weighted by molar-refractivity contribution is -0.141. The summed E-state index contributed by atoms with van der Waals surface area (Å²) in [6.45, 7) is 1.99. The summed E-state index contributed by atoms with van der Waals surface area (Å²) in [7, 11) is 1.64. The van der Waals surface area contributed by atoms with E-state index in [1.54, 1.807) is 12.0 Å². The molecule has 2 aromatic carbocycles. The molecule has 1 aliphatic carbocycles. The van der Waals surface area contributed by atoms with Crippen LogP contribution in [0.1, 0.15) is 44.1 Å². The summed E-state index contributed by atoms with van der Waals surface area (Å²) in [5.41, 5.74) is 1.27. The van der Waals surface area contributed by atoms with Crippen molar-refractivity contribution in [3.63, 3.8) is 0 Å². The van der Waals surface area contributed by atoms with Gasteiger partial charge in [-0.3, -0.25) is 14.4 Å². The number of ether oxygens (including phenoxy) is 1. The smallest absolute Gasteiger partial charge is 0.250 e. The highest BCUT2D eigenvalue weighted by Crippen LogP contribution is 2.40. The third kappa shape index (κ3) is 5.22. The summed E-state index contributed by atoms with van der Waals surface area (Å²) in [6.07, 6.45) is 6.02. The minimum atomic E-state index is -0.731. The largest absolute Gasteiger partial charge is 0.496 e. The molecule has 1 N–H and O–H groups in total. The average molecular weight is 519 g/mol. The van der Waals surface area contributed by atoms with Gasteiger partial charge in [0.25, 0.3) is 5.91 Å². The quantitative estimate of drug-likeness (QED) is 0.581. The van der Waals surface area contributed by atoms with Crippen LogP contribution in [0.15, 0.2) is 54.6 Å². The Bertz CT molecular complexity index is 1140. The fraction of sp³-hybridized carbons (Fsp3) is 0.500. The van der Waals surface area contributed by atoms with Gasteiger partial charge in [-0.1, -0.05) is 49.2 Å². The van der Waals surface area contributed by atoms with Gasteiger partial charge in [-0.2, -0.15) is 0 Å². The minimum absolute atomic E-state index is 0.0144. The summed E-state index contributed by atoms with van der Waals surface area (Å²) in [4.78, 5) is 45.6. The van der Waals surface area contributed by atoms with Crippen molar-refractivity contribution in [3.8, 4) is 5.75 Å². The Morgan fingerprint density at radius 3 is 2.39 bits per heavy atom. The number of amides is 3. The van der Waals surface area contributed by atoms with Crippen molar-refractivity contribution >= 4 is 23.4 Å². The number of rotatable bonds is 8. The van der Waals surface area contributed by atoms with Crippen LogP contribution >= 0.6 is 0 Å². The van der Waals surface area contributed by atoms with Gasteiger partial charge in [0.05, 0.1) is 13.8 Å². The van der Waals surface area contributed by atoms with E-state index in [1.165, 1.54) is 0 Å². The molecule has 0 bridgehead atoms. The number of nitrogens with one attached hydrogen (secondary N) is 1. The molecule has 202 valence electrons. The number of carbonyl (C=O) groups is 3. The Labute approximate surface area is 224 Å². The predicted molar refractivity (Wildman–Crippen MR) is 146 cm³/mol. The summed E-state index contributed by atoms with van der Waals surface area (Å²) in [5, 5.41) is 2.97. The van der Waals surface area contributed by atoms with E-state index in [1.807, 2.05) is 59.5 Å². The van der Waals surface area contributed by atoms with Crippen LogP contribution in [0.3, 0.4) is 0 Å². The molecule has 0 unspecified atom stereocenters. The van der Waals surface area contributed by atoms with Gasteiger partial charge >= 0.3 is 0 Å². The van der Waals surface area contributed by atoms with E-state index in [2.05, 4.69) is 10.2 Å². The lowest BCUT2D eigenvalue weighted by atomic mass is 9.85. The van der Waals surface area contributed by atoms with E-state index in [-0.39, 0.29) is 30.2 Å². The van der Waals surface area contributed by atoms with Crippen molar-refractivity contribution in [1.29, 1.82) is 0 Å². The predicted octanol–water partition coefficient (Wildman–Crippen LogP) is 3.21. The van der Waals surface area contributed by atoms with Crippen LogP contribution in [0.4, 0.5) is 5.69 Å². The molecule has 2 heterocycles. The van der Waals surface area contributed by atoms with E-state index >= 15 is 0 Å². The molecular weight excluding hydrogens is 480 g/mol. The Morgan fingerprint density at radius 1 is 1.00 bits per heavy atom. The number of likely N-dealkylation sites (tertiary alicyclic amines) is 1. The van der Waals surface area contributed by atoms with Crippen molar-refractivity contribution in [1.82, 2.24) is 15.1 Å². The molecule has 8 heteroatoms. The summed E-state index contributed by atoms with van der Waals surface area (Å²) >= 11 is 0. The molecule has 0 radical (unpaired) electrons. The van der Waals surface area contributed by atoms with Gasteiger partial charge in [0.15, 0.2) is 0 Å². The molecule has 38 heavy (non-hydrogen) atoms. The highest BCUT2D eigenvalue weighted by molar-refractivity contribution is 5.96. The second-order valence-electron chi connectivity index (χ2n) is 10.7. The van der Waals surface area contributed by atoms with E-state index in [0.29, 0.717) is 45.6 Å². The number of benzene rings is 2. The van der Waals surface area contributed by atoms with Crippen molar-refractivity contribution < 1.29 is 19.1 Å². The molecular formula is C30H38N4O4. The van der Waals surface area contributed by atoms with Crippen molar-refractivity contribution in [3.05, 3.63) is 60.2 Å². The van der Waals surface area contributed by atoms with E-state index in [0.717, 1.165) is 42.7 Å². The van der Waals surface area contributed by atoms with E-state index < -0.39 is 5.54 Å². The number of anilines is 1. The maximum atomic E-state index is 13.9. The Balaban J connectivity index is 1.24. The zero-order valence-electron chi connectivity index (χ0n) is 22.2. The van der Waals surface area contributed by atoms with Gasteiger partial charge in [-0.25, -0.2) is 0 Å². The normalized spacial score (nSPS) is 19.3. The fourth-order valence-electron chi connectivity index (χ4n) is 6.33. The van der Waals surface area contributed by atoms with Gasteiger partial charge in [0, 0.05) is 31.2 Å². The van der Waals surface area contributed by atoms with Crippen LogP contribution in [0.25, 0.3) is 0 Å². The fourth-order valence-corrected chi connectivity index (χ4v) is 6.33. The van der Waals surface area contributed by atoms with Crippen molar-refractivity contribution in [2.45, 2.75) is 50.5 Å². The Morgan fingerprint density at radius 2 is 1.68 bits per heavy atom. The first-order valence-electron chi connectivity index (χ1n) is 13.8. The van der Waals surface area contributed by atoms with Gasteiger partial charge in [-0.05, 0) is 55.9 Å². The molecule has 5 rings (SSSR count). The first-order valence-corrected chi connectivity index (χ1v) is 13.8. The minimum Gasteiger partial charge on any atom is -0.496 e. The molecule has 2 saturated heterocycles. The van der Waals surface area contributed by atoms with Gasteiger partial charge in [-0.15, -0.1) is 0 Å². The van der Waals surface area contributed by atoms with Crippen LogP contribution in [0.5, 0.6) is 5.75 Å². The Kier molecular flexibility index (Phi) is 7.86. The molecule has 0 atom stereocenters. The monoisotopic (exact) mass is 518 g/mol. The highest BCUT2D eigenvalue weighted by Gasteiger charge is 2.54. The zero-order valence-corrected chi connectivity index (χ0v) is 22.2. The lowest BCUT2D eigenvalue weighted by Crippen LogP contribution is -2.58. The van der Waals surface area contributed by atoms with Crippen LogP contribution in [-0.4, -0.2) is 73.0 Å². The molecule has 2 aromatic rings. The zero-order chi connectivity index (χ0) is 26.5. The van der Waals surface area contributed by atoms with Gasteiger partial charge < -0.3 is 24.8 Å². The first kappa shape index (κ1) is 26.1. The third-order valence-corrected chi connectivity index (χ3v) is 8.43. The molecule has 8 nitrogen and oxygen atoms in total. The molecule has 1 spiro atoms. The van der Waals surface area contributed by atoms with Gasteiger partial charge in [0.2, 0.25) is 11.8 Å². The maximum absolute atomic E-state index is 13.9. The van der Waals surface area contributed by atoms with Crippen LogP contribution < -0.4 is 15.0 Å². The number of hydrogen-bond acceptors (Lipinski definition) is 5. The molecule has 3 fully saturated rings. The highest BCUT2D eigenvalue weighted by atomic mass is 16.5. The van der Waals surface area contributed by atoms with E-state index in [4.69, 9.17) is 4.74 Å². The van der Waals surface area contributed by atoms with E-state index in [9.17, 15) is 14.4 Å². The maximum Gasteiger partial charge on any atom is 0.250 e. The molecule has 3 amide bonds. The SMILES string of the molecule is COc1ccccc1CCNC(=O)CN1CN(c2ccccc2)C2(CCN(C(=O)C3CCCC3)CC2)C1=O. The van der Waals surface area contributed by atoms with Crippen LogP contribution in [0.2, 0.25) is 0 Å². The van der Waals surface area contributed by atoms with Crippen LogP contribution in [-0.2, 0) is 20.8 Å². The summed E-state index contributed by atoms with van der Waals surface area (Å²) in [6, 6.07) is 17.7. The molecule has 0 aromatic heterocycles. The lowest BCUT2D eigenvalue weighted by Gasteiger charge is -2.43. The molecule has 2 aliphatic heterocycles. The average Bonchev–Trinajstić information content (AvgIpc) is 3.58. The first-order chi connectivity index (χ1) is 18.5. The van der Waals surface area contributed by atoms with Crippen LogP contribution in [0, 0.1) is 5.92 Å². The standard InChI is InChI=1S/C30H38N4O4/c1-38-26-14-8-7-9-23(26)15-18-31-27(35)21-33-22-34(25-12-3-2-4-13-25)30(29(33)37)16-19-32(20-17-30)28(36)24-10-5-6-11-24/h2-4,7-9,12-14,24H,5-6,10-11,15-22H2,1H3,(H,31,35). The number of para-hydroxylation sites is 2. The Hall–Kier alpha value is -3.55. The topological polar surface area (TPSA) is 82.2 Å². The summed E-state index contributed by atoms with van der Waals surface area (Å²) < 4.78 is 5.40. The second kappa shape index (κ2) is 11.5. The van der Waals surface area contributed by atoms with Crippen molar-refractivity contribution in [2.24, 2.45) is 5.92 Å². The molecule has 3 aliphatic rings. The summed E-state index contributed by atoms with van der Waals surface area (Å²) in [5.74, 6) is 1.00. The molecule has 1 saturated carbocycles. The van der Waals surface area contributed by atoms with Gasteiger partial charge in [0.1, 0.15) is 17.8 Å². The number of carbonyl (C=O) groups excluding carboxylic acids is 3. The number of hydrogen-bond donors (Lipinski definition) is 1. The number of nitrogens with zero attached hydrogens (tertiary/aromatic N) is 3.